The van der Waals surface area contributed by atoms with E-state index in [0.29, 0.717) is 6.54 Å². The third-order valence-electron chi connectivity index (χ3n) is 2.78. The third kappa shape index (κ3) is 2.18. The Morgan fingerprint density at radius 2 is 2.27 bits per heavy atom. The molecular weight excluding hydrogens is 186 g/mol. The number of anilines is 1. The number of pyridine rings is 1. The maximum atomic E-state index is 5.61. The summed E-state index contributed by atoms with van der Waals surface area (Å²) < 4.78 is 0. The van der Waals surface area contributed by atoms with E-state index in [2.05, 4.69) is 34.2 Å². The molecule has 0 saturated carbocycles. The Labute approximate surface area is 90.6 Å². The van der Waals surface area contributed by atoms with Crippen molar-refractivity contribution in [1.29, 1.82) is 0 Å². The van der Waals surface area contributed by atoms with Gasteiger partial charge in [-0.15, -0.1) is 0 Å². The Hall–Kier alpha value is -1.35. The van der Waals surface area contributed by atoms with Gasteiger partial charge in [-0.05, 0) is 25.0 Å². The molecule has 3 nitrogen and oxygen atoms in total. The summed E-state index contributed by atoms with van der Waals surface area (Å²) in [5.74, 6) is 1.06. The third-order valence-corrected chi connectivity index (χ3v) is 2.78. The second kappa shape index (κ2) is 4.45. The second-order valence-electron chi connectivity index (χ2n) is 3.82. The van der Waals surface area contributed by atoms with E-state index in [1.165, 1.54) is 0 Å². The Morgan fingerprint density at radius 1 is 1.40 bits per heavy atom. The molecule has 1 aliphatic heterocycles. The summed E-state index contributed by atoms with van der Waals surface area (Å²) in [5.41, 5.74) is 7.79. The largest absolute Gasteiger partial charge is 0.353 e. The number of hydrogen-bond acceptors (Lipinski definition) is 3. The van der Waals surface area contributed by atoms with Crippen LogP contribution >= 0.6 is 0 Å². The van der Waals surface area contributed by atoms with Crippen LogP contribution < -0.4 is 10.6 Å². The highest BCUT2D eigenvalue weighted by Crippen LogP contribution is 2.16. The van der Waals surface area contributed by atoms with Crippen molar-refractivity contribution in [2.24, 2.45) is 5.73 Å². The molecule has 1 aliphatic rings. The van der Waals surface area contributed by atoms with E-state index in [-0.39, 0.29) is 0 Å². The molecule has 0 fully saturated rings. The smallest absolute Gasteiger partial charge is 0.129 e. The zero-order chi connectivity index (χ0) is 10.7. The minimum absolute atomic E-state index is 0.568. The molecule has 80 valence electrons. The summed E-state index contributed by atoms with van der Waals surface area (Å²) in [6.45, 7) is 4.61. The van der Waals surface area contributed by atoms with Crippen molar-refractivity contribution in [1.82, 2.24) is 4.98 Å². The van der Waals surface area contributed by atoms with Gasteiger partial charge in [0.2, 0.25) is 0 Å². The van der Waals surface area contributed by atoms with Crippen molar-refractivity contribution in [3.63, 3.8) is 0 Å². The molecule has 2 heterocycles. The van der Waals surface area contributed by atoms with Crippen molar-refractivity contribution in [2.75, 3.05) is 18.0 Å². The van der Waals surface area contributed by atoms with E-state index in [0.717, 1.165) is 36.6 Å². The van der Waals surface area contributed by atoms with Gasteiger partial charge in [-0.25, -0.2) is 4.98 Å². The van der Waals surface area contributed by atoms with E-state index < -0.39 is 0 Å². The average molecular weight is 203 g/mol. The first kappa shape index (κ1) is 10.2. The lowest BCUT2D eigenvalue weighted by atomic mass is 10.2. The molecule has 0 aliphatic carbocycles. The molecule has 1 aromatic rings. The molecule has 0 amide bonds. The summed E-state index contributed by atoms with van der Waals surface area (Å²) in [6.07, 6.45) is 5.52. The van der Waals surface area contributed by atoms with Crippen LogP contribution in [0.4, 0.5) is 5.82 Å². The Bertz CT molecular complexity index is 371. The Morgan fingerprint density at radius 3 is 2.87 bits per heavy atom. The SMILES string of the molecule is Cc1nc(N2CC=CCC2)ccc1CN. The molecule has 0 saturated heterocycles. The maximum absolute atomic E-state index is 5.61. The summed E-state index contributed by atoms with van der Waals surface area (Å²) in [7, 11) is 0. The lowest BCUT2D eigenvalue weighted by Gasteiger charge is -2.25. The molecule has 0 atom stereocenters. The van der Waals surface area contributed by atoms with Gasteiger partial charge in [0.25, 0.3) is 0 Å². The van der Waals surface area contributed by atoms with Gasteiger partial charge < -0.3 is 10.6 Å². The van der Waals surface area contributed by atoms with Gasteiger partial charge in [-0.2, -0.15) is 0 Å². The summed E-state index contributed by atoms with van der Waals surface area (Å²) in [5, 5.41) is 0. The van der Waals surface area contributed by atoms with E-state index >= 15 is 0 Å². The number of hydrogen-bond donors (Lipinski definition) is 1. The van der Waals surface area contributed by atoms with E-state index in [9.17, 15) is 0 Å². The van der Waals surface area contributed by atoms with Gasteiger partial charge in [0.1, 0.15) is 5.82 Å². The molecule has 0 unspecified atom stereocenters. The van der Waals surface area contributed by atoms with Gasteiger partial charge >= 0.3 is 0 Å². The fourth-order valence-corrected chi connectivity index (χ4v) is 1.82. The van der Waals surface area contributed by atoms with Crippen LogP contribution in [0.5, 0.6) is 0 Å². The van der Waals surface area contributed by atoms with Gasteiger partial charge in [0, 0.05) is 25.3 Å². The van der Waals surface area contributed by atoms with E-state index in [4.69, 9.17) is 5.73 Å². The topological polar surface area (TPSA) is 42.2 Å². The standard InChI is InChI=1S/C12H17N3/c1-10-11(9-13)5-6-12(14-10)15-7-3-2-4-8-15/h2-3,5-6H,4,7-9,13H2,1H3. The van der Waals surface area contributed by atoms with Crippen molar-refractivity contribution in [3.05, 3.63) is 35.5 Å². The summed E-state index contributed by atoms with van der Waals surface area (Å²) >= 11 is 0. The summed E-state index contributed by atoms with van der Waals surface area (Å²) in [6, 6.07) is 4.14. The fourth-order valence-electron chi connectivity index (χ4n) is 1.82. The van der Waals surface area contributed by atoms with Crippen LogP contribution in [0.25, 0.3) is 0 Å². The van der Waals surface area contributed by atoms with Gasteiger partial charge in [0.15, 0.2) is 0 Å². The van der Waals surface area contributed by atoms with Gasteiger partial charge in [-0.3, -0.25) is 0 Å². The molecule has 15 heavy (non-hydrogen) atoms. The second-order valence-corrected chi connectivity index (χ2v) is 3.82. The Kier molecular flexibility index (Phi) is 3.02. The number of aromatic nitrogens is 1. The molecule has 3 heteroatoms. The fraction of sp³-hybridized carbons (Fsp3) is 0.417. The highest BCUT2D eigenvalue weighted by molar-refractivity contribution is 5.43. The molecule has 0 spiro atoms. The monoisotopic (exact) mass is 203 g/mol. The number of nitrogens with two attached hydrogens (primary N) is 1. The quantitative estimate of drug-likeness (QED) is 0.743. The molecule has 2 N–H and O–H groups in total. The molecule has 0 bridgehead atoms. The maximum Gasteiger partial charge on any atom is 0.129 e. The zero-order valence-electron chi connectivity index (χ0n) is 9.11. The average Bonchev–Trinajstić information content (AvgIpc) is 2.30. The van der Waals surface area contributed by atoms with Crippen LogP contribution in [0.1, 0.15) is 17.7 Å². The van der Waals surface area contributed by atoms with Crippen LogP contribution in [0.2, 0.25) is 0 Å². The van der Waals surface area contributed by atoms with Crippen molar-refractivity contribution >= 4 is 5.82 Å². The lowest BCUT2D eigenvalue weighted by molar-refractivity contribution is 0.800. The number of nitrogens with zero attached hydrogens (tertiary/aromatic N) is 2. The predicted octanol–water partition coefficient (Wildman–Crippen LogP) is 1.62. The van der Waals surface area contributed by atoms with Crippen LogP contribution in [-0.4, -0.2) is 18.1 Å². The van der Waals surface area contributed by atoms with Crippen LogP contribution in [0.3, 0.4) is 0 Å². The molecular formula is C12H17N3. The van der Waals surface area contributed by atoms with Crippen molar-refractivity contribution in [3.8, 4) is 0 Å². The van der Waals surface area contributed by atoms with Crippen LogP contribution in [0.15, 0.2) is 24.3 Å². The van der Waals surface area contributed by atoms with Crippen LogP contribution in [-0.2, 0) is 6.54 Å². The first-order valence-electron chi connectivity index (χ1n) is 5.38. The summed E-state index contributed by atoms with van der Waals surface area (Å²) in [4.78, 5) is 6.86. The lowest BCUT2D eigenvalue weighted by Crippen LogP contribution is -2.27. The predicted molar refractivity (Wildman–Crippen MR) is 62.8 cm³/mol. The number of rotatable bonds is 2. The van der Waals surface area contributed by atoms with Crippen LogP contribution in [0, 0.1) is 6.92 Å². The molecule has 2 rings (SSSR count). The highest BCUT2D eigenvalue weighted by Gasteiger charge is 2.09. The van der Waals surface area contributed by atoms with Crippen molar-refractivity contribution < 1.29 is 0 Å². The minimum atomic E-state index is 0.568. The highest BCUT2D eigenvalue weighted by atomic mass is 15.2. The first-order chi connectivity index (χ1) is 7.31. The van der Waals surface area contributed by atoms with Gasteiger partial charge in [0.05, 0.1) is 0 Å². The molecule has 0 radical (unpaired) electrons. The number of aryl methyl sites for hydroxylation is 1. The van der Waals surface area contributed by atoms with Gasteiger partial charge in [-0.1, -0.05) is 18.2 Å². The molecule has 0 aromatic carbocycles. The first-order valence-corrected chi connectivity index (χ1v) is 5.38. The minimum Gasteiger partial charge on any atom is -0.353 e. The Balaban J connectivity index is 2.21. The van der Waals surface area contributed by atoms with E-state index in [1.807, 2.05) is 6.92 Å². The normalized spacial score (nSPS) is 15.7. The van der Waals surface area contributed by atoms with Crippen molar-refractivity contribution in [2.45, 2.75) is 19.9 Å². The zero-order valence-corrected chi connectivity index (χ0v) is 9.11. The van der Waals surface area contributed by atoms with E-state index in [1.54, 1.807) is 0 Å². The molecule has 1 aromatic heterocycles.